The van der Waals surface area contributed by atoms with Gasteiger partial charge >= 0.3 is 0 Å². The largest absolute Gasteiger partial charge is 0.393 e. The Morgan fingerprint density at radius 3 is 2.62 bits per heavy atom. The summed E-state index contributed by atoms with van der Waals surface area (Å²) in [5.74, 6) is 1.37. The second-order valence-electron chi connectivity index (χ2n) is 5.27. The van der Waals surface area contributed by atoms with Crippen molar-refractivity contribution in [3.63, 3.8) is 0 Å². The Bertz CT molecular complexity index is 306. The smallest absolute Gasteiger partial charge is 0.0571 e. The third-order valence-electron chi connectivity index (χ3n) is 3.85. The SMILES string of the molecule is CC1CCC(C(O)CCc2ccccc2)C1. The average Bonchev–Trinajstić information content (AvgIpc) is 2.74. The summed E-state index contributed by atoms with van der Waals surface area (Å²) in [6.07, 6.45) is 5.57. The van der Waals surface area contributed by atoms with Gasteiger partial charge in [-0.05, 0) is 43.1 Å². The highest BCUT2D eigenvalue weighted by Crippen LogP contribution is 2.33. The predicted molar refractivity (Wildman–Crippen MR) is 67.3 cm³/mol. The molecule has 1 heteroatoms. The Balaban J connectivity index is 1.78. The van der Waals surface area contributed by atoms with Gasteiger partial charge in [-0.3, -0.25) is 0 Å². The summed E-state index contributed by atoms with van der Waals surface area (Å²) in [5, 5.41) is 10.1. The second kappa shape index (κ2) is 5.49. The number of aliphatic hydroxyl groups excluding tert-OH is 1. The third kappa shape index (κ3) is 3.08. The average molecular weight is 218 g/mol. The van der Waals surface area contributed by atoms with Gasteiger partial charge in [0.15, 0.2) is 0 Å². The van der Waals surface area contributed by atoms with Crippen LogP contribution in [-0.4, -0.2) is 11.2 Å². The highest BCUT2D eigenvalue weighted by atomic mass is 16.3. The van der Waals surface area contributed by atoms with Crippen LogP contribution in [0.15, 0.2) is 30.3 Å². The number of hydrogen-bond donors (Lipinski definition) is 1. The fourth-order valence-corrected chi connectivity index (χ4v) is 2.80. The Morgan fingerprint density at radius 1 is 1.25 bits per heavy atom. The second-order valence-corrected chi connectivity index (χ2v) is 5.27. The molecule has 0 radical (unpaired) electrons. The monoisotopic (exact) mass is 218 g/mol. The van der Waals surface area contributed by atoms with Crippen LogP contribution >= 0.6 is 0 Å². The lowest BCUT2D eigenvalue weighted by atomic mass is 9.94. The number of aryl methyl sites for hydroxylation is 1. The minimum atomic E-state index is -0.0924. The van der Waals surface area contributed by atoms with Gasteiger partial charge in [-0.1, -0.05) is 43.7 Å². The van der Waals surface area contributed by atoms with E-state index >= 15 is 0 Å². The Morgan fingerprint density at radius 2 is 2.00 bits per heavy atom. The molecule has 0 saturated heterocycles. The van der Waals surface area contributed by atoms with Crippen molar-refractivity contribution in [2.75, 3.05) is 0 Å². The Kier molecular flexibility index (Phi) is 4.00. The number of rotatable bonds is 4. The first-order valence-electron chi connectivity index (χ1n) is 6.47. The van der Waals surface area contributed by atoms with E-state index in [9.17, 15) is 5.11 Å². The molecule has 1 aromatic carbocycles. The molecule has 3 atom stereocenters. The van der Waals surface area contributed by atoms with Crippen molar-refractivity contribution in [3.05, 3.63) is 35.9 Å². The molecule has 0 aliphatic heterocycles. The van der Waals surface area contributed by atoms with E-state index in [0.717, 1.165) is 18.8 Å². The molecular weight excluding hydrogens is 196 g/mol. The van der Waals surface area contributed by atoms with Gasteiger partial charge in [0, 0.05) is 0 Å². The van der Waals surface area contributed by atoms with Gasteiger partial charge in [-0.15, -0.1) is 0 Å². The highest BCUT2D eigenvalue weighted by molar-refractivity contribution is 5.14. The fraction of sp³-hybridized carbons (Fsp3) is 0.600. The van der Waals surface area contributed by atoms with Crippen LogP contribution in [0.5, 0.6) is 0 Å². The molecule has 1 nitrogen and oxygen atoms in total. The van der Waals surface area contributed by atoms with Gasteiger partial charge in [0.1, 0.15) is 0 Å². The van der Waals surface area contributed by atoms with Crippen molar-refractivity contribution < 1.29 is 5.11 Å². The topological polar surface area (TPSA) is 20.2 Å². The quantitative estimate of drug-likeness (QED) is 0.821. The fourth-order valence-electron chi connectivity index (χ4n) is 2.80. The molecule has 1 aromatic rings. The van der Waals surface area contributed by atoms with Gasteiger partial charge in [0.05, 0.1) is 6.10 Å². The van der Waals surface area contributed by atoms with Crippen LogP contribution in [0.3, 0.4) is 0 Å². The van der Waals surface area contributed by atoms with Gasteiger partial charge < -0.3 is 5.11 Å². The number of benzene rings is 1. The third-order valence-corrected chi connectivity index (χ3v) is 3.85. The molecular formula is C15H22O. The van der Waals surface area contributed by atoms with Crippen LogP contribution in [0.1, 0.15) is 38.2 Å². The van der Waals surface area contributed by atoms with E-state index in [2.05, 4.69) is 31.2 Å². The molecule has 2 rings (SSSR count). The maximum atomic E-state index is 10.1. The maximum absolute atomic E-state index is 10.1. The Hall–Kier alpha value is -0.820. The zero-order valence-electron chi connectivity index (χ0n) is 10.1. The van der Waals surface area contributed by atoms with Crippen molar-refractivity contribution in [3.8, 4) is 0 Å². The number of hydrogen-bond acceptors (Lipinski definition) is 1. The van der Waals surface area contributed by atoms with Crippen molar-refractivity contribution in [1.29, 1.82) is 0 Å². The zero-order chi connectivity index (χ0) is 11.4. The summed E-state index contributed by atoms with van der Waals surface area (Å²) in [6, 6.07) is 10.5. The molecule has 16 heavy (non-hydrogen) atoms. The van der Waals surface area contributed by atoms with Crippen LogP contribution in [-0.2, 0) is 6.42 Å². The van der Waals surface area contributed by atoms with Crippen molar-refractivity contribution >= 4 is 0 Å². The molecule has 3 unspecified atom stereocenters. The minimum Gasteiger partial charge on any atom is -0.393 e. The molecule has 1 saturated carbocycles. The van der Waals surface area contributed by atoms with Gasteiger partial charge in [0.25, 0.3) is 0 Å². The van der Waals surface area contributed by atoms with E-state index in [1.807, 2.05) is 6.07 Å². The lowest BCUT2D eigenvalue weighted by Crippen LogP contribution is -2.18. The van der Waals surface area contributed by atoms with Crippen molar-refractivity contribution in [2.45, 2.75) is 45.1 Å². The minimum absolute atomic E-state index is 0.0924. The molecule has 0 spiro atoms. The van der Waals surface area contributed by atoms with Crippen molar-refractivity contribution in [2.24, 2.45) is 11.8 Å². The normalized spacial score (nSPS) is 26.9. The predicted octanol–water partition coefficient (Wildman–Crippen LogP) is 3.42. The standard InChI is InChI=1S/C15H22O/c1-12-7-9-14(11-12)15(16)10-8-13-5-3-2-4-6-13/h2-6,12,14-16H,7-11H2,1H3. The summed E-state index contributed by atoms with van der Waals surface area (Å²) in [7, 11) is 0. The summed E-state index contributed by atoms with van der Waals surface area (Å²) < 4.78 is 0. The van der Waals surface area contributed by atoms with Crippen LogP contribution in [0.25, 0.3) is 0 Å². The summed E-state index contributed by atoms with van der Waals surface area (Å²) in [4.78, 5) is 0. The molecule has 88 valence electrons. The molecule has 1 fully saturated rings. The molecule has 0 heterocycles. The van der Waals surface area contributed by atoms with Gasteiger partial charge in [-0.2, -0.15) is 0 Å². The van der Waals surface area contributed by atoms with E-state index in [1.165, 1.54) is 24.8 Å². The van der Waals surface area contributed by atoms with E-state index in [-0.39, 0.29) is 6.10 Å². The first-order chi connectivity index (χ1) is 7.75. The van der Waals surface area contributed by atoms with Gasteiger partial charge in [0.2, 0.25) is 0 Å². The van der Waals surface area contributed by atoms with Gasteiger partial charge in [-0.25, -0.2) is 0 Å². The van der Waals surface area contributed by atoms with Crippen LogP contribution in [0, 0.1) is 11.8 Å². The first kappa shape index (κ1) is 11.7. The van der Waals surface area contributed by atoms with E-state index < -0.39 is 0 Å². The summed E-state index contributed by atoms with van der Waals surface area (Å²) in [6.45, 7) is 2.30. The molecule has 1 aliphatic rings. The van der Waals surface area contributed by atoms with Crippen LogP contribution in [0.2, 0.25) is 0 Å². The lowest BCUT2D eigenvalue weighted by Gasteiger charge is -2.17. The molecule has 0 amide bonds. The molecule has 1 N–H and O–H groups in total. The van der Waals surface area contributed by atoms with Crippen LogP contribution < -0.4 is 0 Å². The number of aliphatic hydroxyl groups is 1. The van der Waals surface area contributed by atoms with E-state index in [1.54, 1.807) is 0 Å². The summed E-state index contributed by atoms with van der Waals surface area (Å²) >= 11 is 0. The molecule has 0 aromatic heterocycles. The lowest BCUT2D eigenvalue weighted by molar-refractivity contribution is 0.100. The Labute approximate surface area is 98.5 Å². The zero-order valence-corrected chi connectivity index (χ0v) is 10.1. The highest BCUT2D eigenvalue weighted by Gasteiger charge is 2.26. The van der Waals surface area contributed by atoms with Crippen molar-refractivity contribution in [1.82, 2.24) is 0 Å². The molecule has 0 bridgehead atoms. The molecule has 1 aliphatic carbocycles. The first-order valence-corrected chi connectivity index (χ1v) is 6.47. The maximum Gasteiger partial charge on any atom is 0.0571 e. The van der Waals surface area contributed by atoms with E-state index in [4.69, 9.17) is 0 Å². The van der Waals surface area contributed by atoms with Crippen LogP contribution in [0.4, 0.5) is 0 Å². The summed E-state index contributed by atoms with van der Waals surface area (Å²) in [5.41, 5.74) is 1.34. The van der Waals surface area contributed by atoms with E-state index in [0.29, 0.717) is 5.92 Å².